The molecule has 0 rings (SSSR count). The third-order valence-electron chi connectivity index (χ3n) is 13.2. The summed E-state index contributed by atoms with van der Waals surface area (Å²) < 4.78 is 35.3. The first-order chi connectivity index (χ1) is 31.6. The van der Waals surface area contributed by atoms with Crippen LogP contribution < -0.4 is 0 Å². The molecule has 0 aliphatic rings. The third kappa shape index (κ3) is 54.3. The van der Waals surface area contributed by atoms with Crippen molar-refractivity contribution in [1.82, 2.24) is 0 Å². The monoisotopic (exact) mass is 945 g/mol. The summed E-state index contributed by atoms with van der Waals surface area (Å²) in [4.78, 5) is 23.1. The van der Waals surface area contributed by atoms with Gasteiger partial charge in [-0.3, -0.25) is 13.8 Å². The molecule has 0 saturated carbocycles. The molecule has 0 aliphatic heterocycles. The van der Waals surface area contributed by atoms with E-state index in [1.54, 1.807) is 0 Å². The molecule has 1 N–H and O–H groups in total. The molecular formula is C56H115NO7P+. The second-order valence-electron chi connectivity index (χ2n) is 21.0. The average molecular weight is 946 g/mol. The first kappa shape index (κ1) is 64.5. The van der Waals surface area contributed by atoms with Crippen molar-refractivity contribution < 1.29 is 37.3 Å². The highest BCUT2D eigenvalue weighted by molar-refractivity contribution is 7.47. The predicted octanol–water partition coefficient (Wildman–Crippen LogP) is 18.0. The molecule has 2 atom stereocenters. The van der Waals surface area contributed by atoms with E-state index < -0.39 is 13.9 Å². The van der Waals surface area contributed by atoms with E-state index in [1.165, 1.54) is 244 Å². The number of likely N-dealkylation sites (N-methyl/N-ethyl adjacent to an activating group) is 1. The van der Waals surface area contributed by atoms with Gasteiger partial charge in [0.05, 0.1) is 34.4 Å². The van der Waals surface area contributed by atoms with Gasteiger partial charge >= 0.3 is 13.8 Å². The maximum absolute atomic E-state index is 12.8. The number of carbonyl (C=O) groups is 1. The van der Waals surface area contributed by atoms with Crippen LogP contribution in [0.15, 0.2) is 0 Å². The van der Waals surface area contributed by atoms with Crippen molar-refractivity contribution in [2.45, 2.75) is 302 Å². The van der Waals surface area contributed by atoms with Gasteiger partial charge in [0.25, 0.3) is 0 Å². The van der Waals surface area contributed by atoms with E-state index in [4.69, 9.17) is 18.5 Å². The Bertz CT molecular complexity index is 1010. The van der Waals surface area contributed by atoms with Gasteiger partial charge in [0.15, 0.2) is 0 Å². The number of nitrogens with zero attached hydrogens (tertiary/aromatic N) is 1. The fourth-order valence-electron chi connectivity index (χ4n) is 8.73. The minimum Gasteiger partial charge on any atom is -0.457 e. The largest absolute Gasteiger partial charge is 0.472 e. The van der Waals surface area contributed by atoms with Gasteiger partial charge in [0, 0.05) is 13.0 Å². The van der Waals surface area contributed by atoms with Crippen LogP contribution in [-0.4, -0.2) is 75.6 Å². The Hall–Kier alpha value is -0.500. The molecule has 0 fully saturated rings. The third-order valence-corrected chi connectivity index (χ3v) is 14.2. The van der Waals surface area contributed by atoms with Crippen LogP contribution in [0.4, 0.5) is 0 Å². The van der Waals surface area contributed by atoms with E-state index in [0.717, 1.165) is 32.1 Å². The Kier molecular flexibility index (Phi) is 49.5. The number of phosphoric ester groups is 1. The predicted molar refractivity (Wildman–Crippen MR) is 280 cm³/mol. The summed E-state index contributed by atoms with van der Waals surface area (Å²) in [6.07, 6.45) is 57.3. The highest BCUT2D eigenvalue weighted by atomic mass is 31.2. The Labute approximate surface area is 406 Å². The zero-order chi connectivity index (χ0) is 47.6. The quantitative estimate of drug-likeness (QED) is 0.0281. The maximum Gasteiger partial charge on any atom is 0.472 e. The van der Waals surface area contributed by atoms with Gasteiger partial charge in [-0.05, 0) is 12.8 Å². The van der Waals surface area contributed by atoms with E-state index in [2.05, 4.69) is 13.8 Å². The number of carbonyl (C=O) groups excluding carboxylic acids is 1. The number of phosphoric acid groups is 1. The van der Waals surface area contributed by atoms with Crippen molar-refractivity contribution in [3.63, 3.8) is 0 Å². The summed E-state index contributed by atoms with van der Waals surface area (Å²) in [6.45, 7) is 5.72. The number of ether oxygens (including phenoxy) is 2. The summed E-state index contributed by atoms with van der Waals surface area (Å²) in [5, 5.41) is 0. The highest BCUT2D eigenvalue weighted by Crippen LogP contribution is 2.43. The van der Waals surface area contributed by atoms with E-state index in [-0.39, 0.29) is 25.8 Å². The summed E-state index contributed by atoms with van der Waals surface area (Å²) in [6, 6.07) is 0. The molecule has 0 aromatic heterocycles. The summed E-state index contributed by atoms with van der Waals surface area (Å²) in [5.41, 5.74) is 0. The van der Waals surface area contributed by atoms with Crippen molar-refractivity contribution in [3.8, 4) is 0 Å². The second-order valence-corrected chi connectivity index (χ2v) is 22.5. The van der Waals surface area contributed by atoms with Crippen LogP contribution in [0.1, 0.15) is 296 Å². The molecule has 0 radical (unpaired) electrons. The van der Waals surface area contributed by atoms with E-state index in [0.29, 0.717) is 24.1 Å². The Balaban J connectivity index is 4.01. The number of esters is 1. The zero-order valence-corrected chi connectivity index (χ0v) is 45.4. The van der Waals surface area contributed by atoms with E-state index >= 15 is 0 Å². The van der Waals surface area contributed by atoms with Gasteiger partial charge in [-0.25, -0.2) is 4.57 Å². The van der Waals surface area contributed by atoms with Crippen LogP contribution in [0.3, 0.4) is 0 Å². The lowest BCUT2D eigenvalue weighted by Crippen LogP contribution is -2.37. The number of quaternary nitrogens is 1. The Morgan fingerprint density at radius 2 is 0.708 bits per heavy atom. The summed E-state index contributed by atoms with van der Waals surface area (Å²) >= 11 is 0. The normalized spacial score (nSPS) is 13.4. The molecule has 8 nitrogen and oxygen atoms in total. The van der Waals surface area contributed by atoms with Crippen LogP contribution in [-0.2, 0) is 27.9 Å². The Morgan fingerprint density at radius 3 is 1.02 bits per heavy atom. The second kappa shape index (κ2) is 49.9. The molecule has 0 heterocycles. The lowest BCUT2D eigenvalue weighted by molar-refractivity contribution is -0.870. The first-order valence-electron chi connectivity index (χ1n) is 28.8. The molecule has 0 aromatic carbocycles. The van der Waals surface area contributed by atoms with Crippen LogP contribution in [0.5, 0.6) is 0 Å². The lowest BCUT2D eigenvalue weighted by Gasteiger charge is -2.24. The highest BCUT2D eigenvalue weighted by Gasteiger charge is 2.26. The summed E-state index contributed by atoms with van der Waals surface area (Å²) in [5.74, 6) is -0.303. The topological polar surface area (TPSA) is 91.3 Å². The molecule has 0 spiro atoms. The van der Waals surface area contributed by atoms with Crippen LogP contribution in [0.25, 0.3) is 0 Å². The van der Waals surface area contributed by atoms with Gasteiger partial charge in [-0.1, -0.05) is 277 Å². The van der Waals surface area contributed by atoms with Crippen molar-refractivity contribution >= 4 is 13.8 Å². The standard InChI is InChI=1S/C56H114NO7P/c1-6-8-10-12-14-16-18-20-22-24-26-28-29-31-33-35-37-39-41-43-45-47-49-56(58)64-55(54-63-65(59,60)62-52-50-57(3,4)5)53-61-51-48-46-44-42-40-38-36-34-32-30-27-25-23-21-19-17-15-13-11-9-7-2/h55H,6-54H2,1-5H3/p+1. The van der Waals surface area contributed by atoms with Gasteiger partial charge in [-0.2, -0.15) is 0 Å². The Morgan fingerprint density at radius 1 is 0.415 bits per heavy atom. The van der Waals surface area contributed by atoms with E-state index in [1.807, 2.05) is 21.1 Å². The number of hydrogen-bond donors (Lipinski definition) is 1. The fraction of sp³-hybridized carbons (Fsp3) is 0.982. The zero-order valence-electron chi connectivity index (χ0n) is 44.5. The van der Waals surface area contributed by atoms with Crippen molar-refractivity contribution in [3.05, 3.63) is 0 Å². The van der Waals surface area contributed by atoms with Crippen LogP contribution in [0.2, 0.25) is 0 Å². The minimum atomic E-state index is -4.28. The molecule has 0 aliphatic carbocycles. The lowest BCUT2D eigenvalue weighted by atomic mass is 10.0. The van der Waals surface area contributed by atoms with E-state index in [9.17, 15) is 14.3 Å². The van der Waals surface area contributed by atoms with Crippen molar-refractivity contribution in [1.29, 1.82) is 0 Å². The van der Waals surface area contributed by atoms with Gasteiger partial charge < -0.3 is 18.9 Å². The molecule has 65 heavy (non-hydrogen) atoms. The number of rotatable bonds is 55. The molecule has 2 unspecified atom stereocenters. The van der Waals surface area contributed by atoms with Crippen LogP contribution in [0, 0.1) is 0 Å². The van der Waals surface area contributed by atoms with Crippen molar-refractivity contribution in [2.75, 3.05) is 54.1 Å². The molecule has 390 valence electrons. The molecule has 9 heteroatoms. The first-order valence-corrected chi connectivity index (χ1v) is 30.3. The average Bonchev–Trinajstić information content (AvgIpc) is 3.27. The van der Waals surface area contributed by atoms with Gasteiger partial charge in [-0.15, -0.1) is 0 Å². The van der Waals surface area contributed by atoms with Gasteiger partial charge in [0.1, 0.15) is 19.3 Å². The number of unbranched alkanes of at least 4 members (excludes halogenated alkanes) is 41. The molecule has 0 bridgehead atoms. The minimum absolute atomic E-state index is 0.0945. The molecule has 0 amide bonds. The van der Waals surface area contributed by atoms with Crippen LogP contribution >= 0.6 is 7.82 Å². The van der Waals surface area contributed by atoms with Gasteiger partial charge in [0.2, 0.25) is 0 Å². The molecule has 0 saturated heterocycles. The molecular weight excluding hydrogens is 830 g/mol. The fourth-order valence-corrected chi connectivity index (χ4v) is 9.48. The van der Waals surface area contributed by atoms with Crippen molar-refractivity contribution in [2.24, 2.45) is 0 Å². The maximum atomic E-state index is 12.8. The molecule has 0 aromatic rings. The SMILES string of the molecule is CCCCCCCCCCCCCCCCCCCCCCCCC(=O)OC(COCCCCCCCCCCCCCCCCCCCCCCC)COP(=O)(O)OCC[N+](C)(C)C. The number of hydrogen-bond acceptors (Lipinski definition) is 6. The smallest absolute Gasteiger partial charge is 0.457 e. The summed E-state index contributed by atoms with van der Waals surface area (Å²) in [7, 11) is 1.69.